The largest absolute Gasteiger partial charge is 0.340 e. The van der Waals surface area contributed by atoms with E-state index in [1.807, 2.05) is 35.2 Å². The summed E-state index contributed by atoms with van der Waals surface area (Å²) in [4.78, 5) is 16.0. The highest BCUT2D eigenvalue weighted by molar-refractivity contribution is 6.30. The van der Waals surface area contributed by atoms with Gasteiger partial charge in [0.05, 0.1) is 0 Å². The first kappa shape index (κ1) is 18.6. The molecule has 4 rings (SSSR count). The Bertz CT molecular complexity index is 943. The van der Waals surface area contributed by atoms with Gasteiger partial charge in [-0.15, -0.1) is 10.2 Å². The zero-order valence-corrected chi connectivity index (χ0v) is 16.0. The molecular weight excluding hydrogens is 376 g/mol. The smallest absolute Gasteiger partial charge is 0.246 e. The molecule has 0 aliphatic carbocycles. The fraction of sp³-hybridized carbons (Fsp3) is 0.300. The van der Waals surface area contributed by atoms with Gasteiger partial charge in [-0.1, -0.05) is 41.9 Å². The molecule has 0 bridgehead atoms. The molecule has 7 nitrogen and oxygen atoms in total. The molecule has 0 saturated carbocycles. The molecule has 144 valence electrons. The van der Waals surface area contributed by atoms with Crippen molar-refractivity contribution in [3.05, 3.63) is 65.2 Å². The lowest BCUT2D eigenvalue weighted by atomic mass is 9.89. The van der Waals surface area contributed by atoms with Crippen LogP contribution in [0.15, 0.2) is 54.6 Å². The second kappa shape index (κ2) is 8.08. The summed E-state index contributed by atoms with van der Waals surface area (Å²) in [5.41, 5.74) is 7.99. The normalized spacial score (nSPS) is 19.1. The van der Waals surface area contributed by atoms with Gasteiger partial charge in [-0.2, -0.15) is 4.80 Å². The van der Waals surface area contributed by atoms with E-state index in [0.717, 1.165) is 5.56 Å². The molecule has 0 unspecified atom stereocenters. The number of nitrogens with zero attached hydrogens (tertiary/aromatic N) is 5. The van der Waals surface area contributed by atoms with Gasteiger partial charge in [-0.25, -0.2) is 0 Å². The minimum absolute atomic E-state index is 0.0306. The van der Waals surface area contributed by atoms with Gasteiger partial charge in [0.2, 0.25) is 11.7 Å². The monoisotopic (exact) mass is 396 g/mol. The molecule has 1 saturated heterocycles. The summed E-state index contributed by atoms with van der Waals surface area (Å²) in [7, 11) is 0. The van der Waals surface area contributed by atoms with E-state index in [1.54, 1.807) is 12.1 Å². The number of carbonyl (C=O) groups excluding carboxylic acids is 1. The van der Waals surface area contributed by atoms with Crippen LogP contribution in [0.1, 0.15) is 11.5 Å². The van der Waals surface area contributed by atoms with Crippen LogP contribution >= 0.6 is 11.6 Å². The highest BCUT2D eigenvalue weighted by atomic mass is 35.5. The predicted octanol–water partition coefficient (Wildman–Crippen LogP) is 2.19. The van der Waals surface area contributed by atoms with Crippen LogP contribution in [0.3, 0.4) is 0 Å². The quantitative estimate of drug-likeness (QED) is 0.714. The number of carbonyl (C=O) groups is 1. The van der Waals surface area contributed by atoms with Crippen molar-refractivity contribution in [1.82, 2.24) is 25.1 Å². The molecule has 2 N–H and O–H groups in total. The summed E-state index contributed by atoms with van der Waals surface area (Å²) in [5, 5.41) is 13.0. The van der Waals surface area contributed by atoms with Crippen LogP contribution < -0.4 is 5.73 Å². The van der Waals surface area contributed by atoms with Gasteiger partial charge in [0.25, 0.3) is 0 Å². The number of aromatic nitrogens is 4. The Labute approximate surface area is 168 Å². The van der Waals surface area contributed by atoms with Crippen LogP contribution in [-0.4, -0.2) is 50.6 Å². The predicted molar refractivity (Wildman–Crippen MR) is 107 cm³/mol. The summed E-state index contributed by atoms with van der Waals surface area (Å²) >= 11 is 5.90. The van der Waals surface area contributed by atoms with Gasteiger partial charge in [0, 0.05) is 29.6 Å². The van der Waals surface area contributed by atoms with Gasteiger partial charge in [0.1, 0.15) is 6.54 Å². The first-order valence-corrected chi connectivity index (χ1v) is 9.58. The number of rotatable bonds is 5. The average Bonchev–Trinajstić information content (AvgIpc) is 3.36. The van der Waals surface area contributed by atoms with Gasteiger partial charge in [-0.3, -0.25) is 4.79 Å². The fourth-order valence-corrected chi connectivity index (χ4v) is 3.76. The van der Waals surface area contributed by atoms with Crippen LogP contribution in [0.4, 0.5) is 0 Å². The summed E-state index contributed by atoms with van der Waals surface area (Å²) in [6.07, 6.45) is 0. The third-order valence-corrected chi connectivity index (χ3v) is 5.41. The summed E-state index contributed by atoms with van der Waals surface area (Å²) < 4.78 is 0. The first-order valence-electron chi connectivity index (χ1n) is 9.20. The Morgan fingerprint density at radius 1 is 1.11 bits per heavy atom. The molecule has 1 aliphatic heterocycles. The third-order valence-electron chi connectivity index (χ3n) is 5.16. The Hall–Kier alpha value is -2.77. The Morgan fingerprint density at radius 2 is 1.86 bits per heavy atom. The molecule has 2 heterocycles. The highest BCUT2D eigenvalue weighted by Crippen LogP contribution is 2.32. The number of benzene rings is 2. The molecule has 2 atom stereocenters. The maximum absolute atomic E-state index is 12.8. The van der Waals surface area contributed by atoms with E-state index >= 15 is 0 Å². The van der Waals surface area contributed by atoms with Crippen molar-refractivity contribution >= 4 is 17.5 Å². The molecule has 3 aromatic rings. The van der Waals surface area contributed by atoms with E-state index < -0.39 is 0 Å². The molecule has 28 heavy (non-hydrogen) atoms. The van der Waals surface area contributed by atoms with Crippen molar-refractivity contribution in [2.45, 2.75) is 12.5 Å². The van der Waals surface area contributed by atoms with Gasteiger partial charge in [-0.05, 0) is 47.5 Å². The summed E-state index contributed by atoms with van der Waals surface area (Å²) in [6, 6.07) is 17.4. The number of hydrogen-bond donors (Lipinski definition) is 1. The minimum Gasteiger partial charge on any atom is -0.340 e. The second-order valence-electron chi connectivity index (χ2n) is 6.96. The molecule has 0 radical (unpaired) electrons. The van der Waals surface area contributed by atoms with Crippen molar-refractivity contribution in [3.8, 4) is 11.4 Å². The maximum atomic E-state index is 12.8. The molecular formula is C20H21ClN6O. The van der Waals surface area contributed by atoms with Crippen molar-refractivity contribution in [2.24, 2.45) is 11.7 Å². The molecule has 1 amide bonds. The second-order valence-corrected chi connectivity index (χ2v) is 7.40. The zero-order valence-electron chi connectivity index (χ0n) is 15.3. The van der Waals surface area contributed by atoms with Gasteiger partial charge in [0.15, 0.2) is 0 Å². The van der Waals surface area contributed by atoms with E-state index in [-0.39, 0.29) is 24.3 Å². The molecule has 2 aromatic carbocycles. The zero-order chi connectivity index (χ0) is 19.5. The number of tetrazole rings is 1. The number of nitrogens with two attached hydrogens (primary N) is 1. The first-order chi connectivity index (χ1) is 13.6. The van der Waals surface area contributed by atoms with Crippen LogP contribution in [-0.2, 0) is 11.3 Å². The fourth-order valence-electron chi connectivity index (χ4n) is 3.64. The minimum atomic E-state index is -0.0306. The molecule has 1 fully saturated rings. The van der Waals surface area contributed by atoms with Gasteiger partial charge < -0.3 is 10.6 Å². The molecule has 0 spiro atoms. The topological polar surface area (TPSA) is 89.9 Å². The SMILES string of the molecule is NC[C@@H]1CN(C(=O)Cn2nnc(-c3ccc(Cl)cc3)n2)C[C@H]1c1ccccc1. The van der Waals surface area contributed by atoms with E-state index in [1.165, 1.54) is 10.4 Å². The highest BCUT2D eigenvalue weighted by Gasteiger charge is 2.35. The van der Waals surface area contributed by atoms with E-state index in [2.05, 4.69) is 27.5 Å². The standard InChI is InChI=1S/C20H21ClN6O/c21-17-8-6-15(7-9-17)20-23-25-27(24-20)13-19(28)26-11-16(10-22)18(12-26)14-4-2-1-3-5-14/h1-9,16,18H,10-13,22H2/t16-,18+/m1/s1. The van der Waals surface area contributed by atoms with Crippen molar-refractivity contribution in [1.29, 1.82) is 0 Å². The Morgan fingerprint density at radius 3 is 2.57 bits per heavy atom. The Kier molecular flexibility index (Phi) is 5.36. The van der Waals surface area contributed by atoms with Crippen LogP contribution in [0.5, 0.6) is 0 Å². The van der Waals surface area contributed by atoms with Crippen molar-refractivity contribution < 1.29 is 4.79 Å². The van der Waals surface area contributed by atoms with E-state index in [4.69, 9.17) is 17.3 Å². The third kappa shape index (κ3) is 3.90. The van der Waals surface area contributed by atoms with Crippen molar-refractivity contribution in [3.63, 3.8) is 0 Å². The number of likely N-dealkylation sites (tertiary alicyclic amines) is 1. The molecule has 8 heteroatoms. The van der Waals surface area contributed by atoms with Gasteiger partial charge >= 0.3 is 0 Å². The average molecular weight is 397 g/mol. The summed E-state index contributed by atoms with van der Waals surface area (Å²) in [6.45, 7) is 1.90. The number of amides is 1. The lowest BCUT2D eigenvalue weighted by Gasteiger charge is -2.16. The summed E-state index contributed by atoms with van der Waals surface area (Å²) in [5.74, 6) is 0.938. The van der Waals surface area contributed by atoms with E-state index in [9.17, 15) is 4.79 Å². The number of halogens is 1. The Balaban J connectivity index is 1.43. The van der Waals surface area contributed by atoms with Crippen LogP contribution in [0, 0.1) is 5.92 Å². The lowest BCUT2D eigenvalue weighted by Crippen LogP contribution is -2.33. The number of hydrogen-bond acceptors (Lipinski definition) is 5. The molecule has 1 aliphatic rings. The van der Waals surface area contributed by atoms with Crippen LogP contribution in [0.25, 0.3) is 11.4 Å². The van der Waals surface area contributed by atoms with E-state index in [0.29, 0.717) is 30.5 Å². The maximum Gasteiger partial charge on any atom is 0.246 e. The van der Waals surface area contributed by atoms with Crippen LogP contribution in [0.2, 0.25) is 5.02 Å². The molecule has 1 aromatic heterocycles. The lowest BCUT2D eigenvalue weighted by molar-refractivity contribution is -0.131. The van der Waals surface area contributed by atoms with Crippen molar-refractivity contribution in [2.75, 3.05) is 19.6 Å².